The summed E-state index contributed by atoms with van der Waals surface area (Å²) in [6.07, 6.45) is 7.20. The Hall–Kier alpha value is -2.47. The van der Waals surface area contributed by atoms with Gasteiger partial charge in [-0.15, -0.1) is 0 Å². The fourth-order valence-electron chi connectivity index (χ4n) is 6.10. The topological polar surface area (TPSA) is 54.7 Å². The quantitative estimate of drug-likeness (QED) is 0.388. The molecular weight excluding hydrogens is 442 g/mol. The summed E-state index contributed by atoms with van der Waals surface area (Å²) >= 11 is 3.62. The van der Waals surface area contributed by atoms with Crippen molar-refractivity contribution in [1.82, 2.24) is 9.58 Å². The van der Waals surface area contributed by atoms with Crippen LogP contribution in [-0.2, 0) is 9.59 Å². The Balaban J connectivity index is 1.32. The average Bonchev–Trinajstić information content (AvgIpc) is 3.46. The van der Waals surface area contributed by atoms with Crippen LogP contribution < -0.4 is 0 Å². The normalized spacial score (nSPS) is 33.5. The molecular formula is C24H22BrN3O2. The molecule has 2 bridgehead atoms. The van der Waals surface area contributed by atoms with Gasteiger partial charge >= 0.3 is 0 Å². The number of allylic oxidation sites excluding steroid dienone is 2. The van der Waals surface area contributed by atoms with E-state index in [2.05, 4.69) is 43.8 Å². The average molecular weight is 464 g/mol. The monoisotopic (exact) mass is 463 g/mol. The molecule has 0 N–H and O–H groups in total. The predicted molar refractivity (Wildman–Crippen MR) is 117 cm³/mol. The molecule has 2 amide bonds. The molecule has 1 aliphatic heterocycles. The number of carbonyl (C=O) groups is 2. The first-order valence-electron chi connectivity index (χ1n) is 10.5. The van der Waals surface area contributed by atoms with Gasteiger partial charge in [0.1, 0.15) is 0 Å². The molecule has 3 fully saturated rings. The number of imide groups is 1. The molecule has 0 radical (unpaired) electrons. The molecule has 5 aliphatic rings. The molecule has 2 saturated carbocycles. The van der Waals surface area contributed by atoms with Crippen molar-refractivity contribution in [2.45, 2.75) is 20.3 Å². The molecule has 4 aliphatic carbocycles. The summed E-state index contributed by atoms with van der Waals surface area (Å²) < 4.78 is 3.15. The predicted octanol–water partition coefficient (Wildman–Crippen LogP) is 4.24. The van der Waals surface area contributed by atoms with Gasteiger partial charge < -0.3 is 4.57 Å². The van der Waals surface area contributed by atoms with E-state index in [1.54, 1.807) is 6.21 Å². The van der Waals surface area contributed by atoms with Crippen molar-refractivity contribution in [3.05, 3.63) is 63.9 Å². The number of aryl methyl sites for hydroxylation is 1. The SMILES string of the molecule is Cc1cc(/C=N\N2C(=O)[C@@H]3[C@H]4C=C[C@@H]([C@@H]5C[C@@H]45)[C@H]3C2=O)c(C)n1-c1ccccc1Br. The first-order valence-corrected chi connectivity index (χ1v) is 11.3. The van der Waals surface area contributed by atoms with E-state index in [0.717, 1.165) is 32.1 Å². The van der Waals surface area contributed by atoms with Gasteiger partial charge in [-0.1, -0.05) is 24.3 Å². The van der Waals surface area contributed by atoms with Crippen LogP contribution in [0.4, 0.5) is 0 Å². The summed E-state index contributed by atoms with van der Waals surface area (Å²) in [6, 6.07) is 10.1. The van der Waals surface area contributed by atoms with Gasteiger partial charge in [0.25, 0.3) is 11.8 Å². The van der Waals surface area contributed by atoms with E-state index in [1.807, 2.05) is 38.1 Å². The summed E-state index contributed by atoms with van der Waals surface area (Å²) in [5.74, 6) is 0.998. The van der Waals surface area contributed by atoms with Crippen molar-refractivity contribution in [2.75, 3.05) is 0 Å². The Morgan fingerprint density at radius 2 is 1.67 bits per heavy atom. The number of amides is 2. The number of benzene rings is 1. The van der Waals surface area contributed by atoms with Gasteiger partial charge in [-0.3, -0.25) is 9.59 Å². The van der Waals surface area contributed by atoms with Crippen molar-refractivity contribution < 1.29 is 9.59 Å². The molecule has 0 unspecified atom stereocenters. The Morgan fingerprint density at radius 3 is 2.30 bits per heavy atom. The van der Waals surface area contributed by atoms with Crippen LogP contribution in [-0.4, -0.2) is 27.6 Å². The molecule has 1 aromatic heterocycles. The smallest absolute Gasteiger partial charge is 0.254 e. The highest BCUT2D eigenvalue weighted by Gasteiger charge is 2.67. The number of aromatic nitrogens is 1. The second kappa shape index (κ2) is 6.27. The molecule has 2 aromatic rings. The van der Waals surface area contributed by atoms with E-state index >= 15 is 0 Å². The van der Waals surface area contributed by atoms with E-state index in [-0.39, 0.29) is 35.5 Å². The molecule has 1 aromatic carbocycles. The first-order chi connectivity index (χ1) is 14.5. The van der Waals surface area contributed by atoms with Crippen molar-refractivity contribution in [3.8, 4) is 5.69 Å². The largest absolute Gasteiger partial charge is 0.317 e. The second-order valence-corrected chi connectivity index (χ2v) is 9.86. The maximum atomic E-state index is 13.1. The highest BCUT2D eigenvalue weighted by molar-refractivity contribution is 9.10. The Bertz CT molecular complexity index is 1130. The Labute approximate surface area is 183 Å². The minimum atomic E-state index is -0.207. The number of hydrazone groups is 1. The summed E-state index contributed by atoms with van der Waals surface area (Å²) in [6.45, 7) is 4.07. The third-order valence-electron chi connectivity index (χ3n) is 7.52. The van der Waals surface area contributed by atoms with Crippen molar-refractivity contribution in [2.24, 2.45) is 40.6 Å². The molecule has 2 heterocycles. The van der Waals surface area contributed by atoms with Crippen molar-refractivity contribution >= 4 is 34.0 Å². The van der Waals surface area contributed by atoms with E-state index in [1.165, 1.54) is 6.42 Å². The maximum absolute atomic E-state index is 13.1. The number of hydrogen-bond donors (Lipinski definition) is 0. The molecule has 1 saturated heterocycles. The van der Waals surface area contributed by atoms with Gasteiger partial charge in [0, 0.05) is 21.4 Å². The number of nitrogens with zero attached hydrogens (tertiary/aromatic N) is 3. The molecule has 6 heteroatoms. The molecule has 7 rings (SSSR count). The summed E-state index contributed by atoms with van der Waals surface area (Å²) in [5, 5.41) is 5.55. The summed E-state index contributed by atoms with van der Waals surface area (Å²) in [5.41, 5.74) is 4.04. The van der Waals surface area contributed by atoms with Gasteiger partial charge in [0.15, 0.2) is 0 Å². The zero-order valence-electron chi connectivity index (χ0n) is 16.8. The molecule has 30 heavy (non-hydrogen) atoms. The van der Waals surface area contributed by atoms with E-state index in [9.17, 15) is 9.59 Å². The molecule has 5 nitrogen and oxygen atoms in total. The maximum Gasteiger partial charge on any atom is 0.254 e. The minimum Gasteiger partial charge on any atom is -0.317 e. The van der Waals surface area contributed by atoms with Crippen LogP contribution in [0.15, 0.2) is 52.1 Å². The van der Waals surface area contributed by atoms with Gasteiger partial charge in [0.2, 0.25) is 0 Å². The van der Waals surface area contributed by atoms with E-state index < -0.39 is 0 Å². The van der Waals surface area contributed by atoms with Gasteiger partial charge in [0.05, 0.1) is 23.7 Å². The fourth-order valence-corrected chi connectivity index (χ4v) is 6.56. The lowest BCUT2D eigenvalue weighted by molar-refractivity contribution is -0.140. The Kier molecular flexibility index (Phi) is 3.82. The summed E-state index contributed by atoms with van der Waals surface area (Å²) in [4.78, 5) is 26.2. The lowest BCUT2D eigenvalue weighted by atomic mass is 9.63. The minimum absolute atomic E-state index is 0.120. The van der Waals surface area contributed by atoms with Crippen LogP contribution in [0, 0.1) is 49.4 Å². The number of carbonyl (C=O) groups excluding carboxylic acids is 2. The van der Waals surface area contributed by atoms with Gasteiger partial charge in [-0.25, -0.2) is 0 Å². The molecule has 152 valence electrons. The first kappa shape index (κ1) is 18.3. The molecule has 0 spiro atoms. The van der Waals surface area contributed by atoms with Crippen LogP contribution in [0.1, 0.15) is 23.4 Å². The third-order valence-corrected chi connectivity index (χ3v) is 8.19. The lowest BCUT2D eigenvalue weighted by Gasteiger charge is -2.37. The number of rotatable bonds is 3. The fraction of sp³-hybridized carbons (Fsp3) is 0.375. The van der Waals surface area contributed by atoms with Crippen LogP contribution in [0.25, 0.3) is 5.69 Å². The number of hydrogen-bond acceptors (Lipinski definition) is 3. The van der Waals surface area contributed by atoms with Crippen LogP contribution in [0.5, 0.6) is 0 Å². The van der Waals surface area contributed by atoms with E-state index in [0.29, 0.717) is 11.8 Å². The zero-order chi connectivity index (χ0) is 20.7. The summed E-state index contributed by atoms with van der Waals surface area (Å²) in [7, 11) is 0. The van der Waals surface area contributed by atoms with Crippen LogP contribution in [0.3, 0.4) is 0 Å². The standard InChI is InChI=1S/C24H22BrN3O2/c1-12-9-14(13(2)27(12)20-6-4-3-5-19(20)25)11-26-28-23(29)21-15-7-8-16(18-10-17(15)18)22(21)24(28)30/h3-9,11,15-18,21-22H,10H2,1-2H3/b26-11-/t15-,16-,17-,18-,21+,22+/m0/s1. The third kappa shape index (κ3) is 2.37. The number of halogens is 1. The highest BCUT2D eigenvalue weighted by atomic mass is 79.9. The van der Waals surface area contributed by atoms with E-state index in [4.69, 9.17) is 0 Å². The van der Waals surface area contributed by atoms with Gasteiger partial charge in [-0.2, -0.15) is 10.1 Å². The van der Waals surface area contributed by atoms with Crippen LogP contribution >= 0.6 is 15.9 Å². The van der Waals surface area contributed by atoms with Crippen LogP contribution in [0.2, 0.25) is 0 Å². The zero-order valence-corrected chi connectivity index (χ0v) is 18.4. The van der Waals surface area contributed by atoms with Crippen molar-refractivity contribution in [1.29, 1.82) is 0 Å². The van der Waals surface area contributed by atoms with Crippen molar-refractivity contribution in [3.63, 3.8) is 0 Å². The number of para-hydroxylation sites is 1. The van der Waals surface area contributed by atoms with Gasteiger partial charge in [-0.05, 0) is 78.1 Å². The Morgan fingerprint density at radius 1 is 1.03 bits per heavy atom. The molecule has 6 atom stereocenters. The second-order valence-electron chi connectivity index (χ2n) is 9.00. The highest BCUT2D eigenvalue weighted by Crippen LogP contribution is 2.65. The lowest BCUT2D eigenvalue weighted by Crippen LogP contribution is -2.40.